The van der Waals surface area contributed by atoms with E-state index in [9.17, 15) is 0 Å². The number of fused-ring (bicyclic) bond motifs is 3. The second-order valence-electron chi connectivity index (χ2n) is 3.47. The van der Waals surface area contributed by atoms with Crippen molar-refractivity contribution >= 4 is 54.8 Å². The maximum atomic E-state index is 6.19. The molecule has 0 atom stereocenters. The summed E-state index contributed by atoms with van der Waals surface area (Å²) in [6.45, 7) is 1.93. The van der Waals surface area contributed by atoms with Crippen LogP contribution in [0, 0.1) is 6.92 Å². The van der Waals surface area contributed by atoms with Crippen LogP contribution in [0.4, 0.5) is 0 Å². The zero-order valence-corrected chi connectivity index (χ0v) is 10.6. The third-order valence-electron chi connectivity index (χ3n) is 2.43. The highest BCUT2D eigenvalue weighted by atomic mass is 35.5. The van der Waals surface area contributed by atoms with Crippen LogP contribution in [0.25, 0.3) is 20.3 Å². The number of halogens is 2. The van der Waals surface area contributed by atoms with E-state index >= 15 is 0 Å². The van der Waals surface area contributed by atoms with Gasteiger partial charge in [0.2, 0.25) is 5.28 Å². The summed E-state index contributed by atoms with van der Waals surface area (Å²) in [6, 6.07) is 5.83. The molecule has 3 aromatic rings. The molecule has 1 aromatic carbocycles. The number of rotatable bonds is 0. The lowest BCUT2D eigenvalue weighted by atomic mass is 10.2. The number of aromatic nitrogens is 2. The Balaban J connectivity index is 2.63. The first-order valence-electron chi connectivity index (χ1n) is 4.67. The Morgan fingerprint density at radius 1 is 1.19 bits per heavy atom. The van der Waals surface area contributed by atoms with Gasteiger partial charge in [0.05, 0.1) is 20.9 Å². The van der Waals surface area contributed by atoms with Crippen molar-refractivity contribution in [2.24, 2.45) is 0 Å². The second kappa shape index (κ2) is 3.55. The molecule has 0 saturated carbocycles. The minimum Gasteiger partial charge on any atom is -0.222 e. The van der Waals surface area contributed by atoms with Crippen molar-refractivity contribution in [3.63, 3.8) is 0 Å². The molecule has 2 aromatic heterocycles. The van der Waals surface area contributed by atoms with Gasteiger partial charge in [-0.15, -0.1) is 11.3 Å². The fourth-order valence-electron chi connectivity index (χ4n) is 1.75. The Bertz CT molecular complexity index is 706. The molecule has 0 fully saturated rings. The molecule has 0 saturated heterocycles. The second-order valence-corrected chi connectivity index (χ2v) is 5.27. The van der Waals surface area contributed by atoms with Crippen LogP contribution in [0.5, 0.6) is 0 Å². The van der Waals surface area contributed by atoms with E-state index in [0.717, 1.165) is 26.0 Å². The number of nitrogens with zero attached hydrogens (tertiary/aromatic N) is 2. The van der Waals surface area contributed by atoms with E-state index < -0.39 is 0 Å². The molecule has 2 nitrogen and oxygen atoms in total. The Kier molecular flexibility index (Phi) is 2.28. The number of hydrogen-bond donors (Lipinski definition) is 0. The molecule has 0 spiro atoms. The van der Waals surface area contributed by atoms with Crippen LogP contribution in [0.2, 0.25) is 10.3 Å². The molecule has 80 valence electrons. The molecule has 0 bridgehead atoms. The summed E-state index contributed by atoms with van der Waals surface area (Å²) in [5, 5.41) is 1.94. The topological polar surface area (TPSA) is 25.8 Å². The predicted octanol–water partition coefficient (Wildman–Crippen LogP) is 4.46. The molecule has 16 heavy (non-hydrogen) atoms. The Morgan fingerprint density at radius 3 is 2.81 bits per heavy atom. The number of benzene rings is 1. The Labute approximate surface area is 106 Å². The zero-order valence-electron chi connectivity index (χ0n) is 8.29. The first-order valence-corrected chi connectivity index (χ1v) is 6.25. The molecule has 2 heterocycles. The molecule has 0 unspecified atom stereocenters. The minimum absolute atomic E-state index is 0.268. The van der Waals surface area contributed by atoms with Gasteiger partial charge in [-0.3, -0.25) is 0 Å². The SMILES string of the molecule is Cc1nc(Cl)nc2c1sc1cccc(Cl)c12. The molecular formula is C11H6Cl2N2S. The van der Waals surface area contributed by atoms with E-state index in [2.05, 4.69) is 9.97 Å². The molecule has 0 aliphatic rings. The summed E-state index contributed by atoms with van der Waals surface area (Å²) in [7, 11) is 0. The average Bonchev–Trinajstić information content (AvgIpc) is 2.58. The largest absolute Gasteiger partial charge is 0.223 e. The van der Waals surface area contributed by atoms with Crippen molar-refractivity contribution in [3.8, 4) is 0 Å². The van der Waals surface area contributed by atoms with E-state index in [1.807, 2.05) is 25.1 Å². The summed E-state index contributed by atoms with van der Waals surface area (Å²) in [4.78, 5) is 8.41. The number of aryl methyl sites for hydroxylation is 1. The van der Waals surface area contributed by atoms with Crippen molar-refractivity contribution in [2.75, 3.05) is 0 Å². The molecular weight excluding hydrogens is 263 g/mol. The highest BCUT2D eigenvalue weighted by Gasteiger charge is 2.12. The van der Waals surface area contributed by atoms with Gasteiger partial charge in [-0.05, 0) is 30.7 Å². The van der Waals surface area contributed by atoms with Crippen molar-refractivity contribution in [3.05, 3.63) is 34.2 Å². The zero-order chi connectivity index (χ0) is 11.3. The van der Waals surface area contributed by atoms with Gasteiger partial charge in [-0.25, -0.2) is 9.97 Å². The van der Waals surface area contributed by atoms with Gasteiger partial charge in [0, 0.05) is 10.1 Å². The first-order chi connectivity index (χ1) is 7.66. The van der Waals surface area contributed by atoms with Crippen LogP contribution in [-0.4, -0.2) is 9.97 Å². The van der Waals surface area contributed by atoms with Crippen LogP contribution in [0.1, 0.15) is 5.69 Å². The van der Waals surface area contributed by atoms with Crippen LogP contribution in [0.3, 0.4) is 0 Å². The lowest BCUT2D eigenvalue weighted by molar-refractivity contribution is 1.16. The lowest BCUT2D eigenvalue weighted by Crippen LogP contribution is -1.86. The Hall–Kier alpha value is -0.900. The van der Waals surface area contributed by atoms with Gasteiger partial charge in [0.1, 0.15) is 0 Å². The predicted molar refractivity (Wildman–Crippen MR) is 69.7 cm³/mol. The number of thiophene rings is 1. The Morgan fingerprint density at radius 2 is 2.00 bits per heavy atom. The molecule has 0 radical (unpaired) electrons. The third kappa shape index (κ3) is 1.39. The average molecular weight is 269 g/mol. The summed E-state index contributed by atoms with van der Waals surface area (Å²) in [5.41, 5.74) is 1.75. The third-order valence-corrected chi connectivity index (χ3v) is 4.17. The standard InChI is InChI=1S/C11H6Cl2N2S/c1-5-10-9(15-11(13)14-5)8-6(12)3-2-4-7(8)16-10/h2-4H,1H3. The number of hydrogen-bond acceptors (Lipinski definition) is 3. The monoisotopic (exact) mass is 268 g/mol. The van der Waals surface area contributed by atoms with Crippen LogP contribution in [0.15, 0.2) is 18.2 Å². The molecule has 0 aliphatic carbocycles. The van der Waals surface area contributed by atoms with Crippen molar-refractivity contribution in [1.82, 2.24) is 9.97 Å². The quantitative estimate of drug-likeness (QED) is 0.563. The van der Waals surface area contributed by atoms with E-state index in [0.29, 0.717) is 5.02 Å². The highest BCUT2D eigenvalue weighted by molar-refractivity contribution is 7.26. The van der Waals surface area contributed by atoms with Gasteiger partial charge >= 0.3 is 0 Å². The maximum Gasteiger partial charge on any atom is 0.223 e. The minimum atomic E-state index is 0.268. The maximum absolute atomic E-state index is 6.19. The van der Waals surface area contributed by atoms with Crippen LogP contribution in [-0.2, 0) is 0 Å². The van der Waals surface area contributed by atoms with Crippen molar-refractivity contribution in [2.45, 2.75) is 6.92 Å². The van der Waals surface area contributed by atoms with Gasteiger partial charge in [0.25, 0.3) is 0 Å². The summed E-state index contributed by atoms with van der Waals surface area (Å²) in [5.74, 6) is 0. The van der Waals surface area contributed by atoms with Crippen molar-refractivity contribution < 1.29 is 0 Å². The van der Waals surface area contributed by atoms with E-state index in [1.165, 1.54) is 0 Å². The van der Waals surface area contributed by atoms with E-state index in [1.54, 1.807) is 11.3 Å². The molecule has 0 N–H and O–H groups in total. The molecule has 0 aliphatic heterocycles. The molecule has 3 rings (SSSR count). The van der Waals surface area contributed by atoms with E-state index in [4.69, 9.17) is 23.2 Å². The lowest BCUT2D eigenvalue weighted by Gasteiger charge is -1.96. The molecule has 0 amide bonds. The fraction of sp³-hybridized carbons (Fsp3) is 0.0909. The van der Waals surface area contributed by atoms with Crippen LogP contribution >= 0.6 is 34.5 Å². The first kappa shape index (κ1) is 10.3. The smallest absolute Gasteiger partial charge is 0.222 e. The van der Waals surface area contributed by atoms with Gasteiger partial charge in [0.15, 0.2) is 0 Å². The van der Waals surface area contributed by atoms with Crippen molar-refractivity contribution in [1.29, 1.82) is 0 Å². The van der Waals surface area contributed by atoms with Crippen LogP contribution < -0.4 is 0 Å². The highest BCUT2D eigenvalue weighted by Crippen LogP contribution is 2.38. The van der Waals surface area contributed by atoms with Gasteiger partial charge in [-0.2, -0.15) is 0 Å². The summed E-state index contributed by atoms with van der Waals surface area (Å²) < 4.78 is 2.16. The molecule has 5 heteroatoms. The normalized spacial score (nSPS) is 11.4. The fourth-order valence-corrected chi connectivity index (χ4v) is 3.39. The van der Waals surface area contributed by atoms with Gasteiger partial charge < -0.3 is 0 Å². The summed E-state index contributed by atoms with van der Waals surface area (Å²) in [6.07, 6.45) is 0. The summed E-state index contributed by atoms with van der Waals surface area (Å²) >= 11 is 13.7. The van der Waals surface area contributed by atoms with E-state index in [-0.39, 0.29) is 5.28 Å². The van der Waals surface area contributed by atoms with Gasteiger partial charge in [-0.1, -0.05) is 17.7 Å².